The molecule has 1 heterocycles. The zero-order valence-corrected chi connectivity index (χ0v) is 42.4. The smallest absolute Gasteiger partial charge is 0.211 e. The third-order valence-corrected chi connectivity index (χ3v) is 11.9. The molecule has 1 aliphatic heterocycles. The number of methoxy groups -OCH3 is 1. The number of halogens is 1. The van der Waals surface area contributed by atoms with Gasteiger partial charge in [-0.05, 0) is 100.0 Å². The molecule has 9 rings (SSSR count). The second-order valence-corrected chi connectivity index (χ2v) is 17.0. The third-order valence-electron chi connectivity index (χ3n) is 11.9. The molecule has 4 N–H and O–H groups in total. The van der Waals surface area contributed by atoms with Crippen molar-refractivity contribution < 1.29 is 33.6 Å². The van der Waals surface area contributed by atoms with Gasteiger partial charge in [0.25, 0.3) is 0 Å². The van der Waals surface area contributed by atoms with Crippen molar-refractivity contribution in [1.82, 2.24) is 4.90 Å². The van der Waals surface area contributed by atoms with Crippen molar-refractivity contribution in [3.63, 3.8) is 0 Å². The van der Waals surface area contributed by atoms with Crippen LogP contribution in [0.1, 0.15) is 45.6 Å². The Morgan fingerprint density at radius 3 is 1.71 bits per heavy atom. The van der Waals surface area contributed by atoms with Crippen LogP contribution < -0.4 is 30.2 Å². The maximum absolute atomic E-state index is 11.4. The summed E-state index contributed by atoms with van der Waals surface area (Å²) in [6.07, 6.45) is 1.47. The highest BCUT2D eigenvalue weighted by molar-refractivity contribution is 14.0. The third kappa shape index (κ3) is 15.5. The topological polar surface area (TPSA) is 134 Å². The number of anilines is 4. The summed E-state index contributed by atoms with van der Waals surface area (Å²) >= 11 is 0. The van der Waals surface area contributed by atoms with Gasteiger partial charge in [0.1, 0.15) is 36.6 Å². The second-order valence-electron chi connectivity index (χ2n) is 17.0. The molecule has 0 aliphatic carbocycles. The molecule has 8 aromatic rings. The molecule has 368 valence electrons. The number of hydrogen-bond donors (Lipinski definition) is 4. The highest BCUT2D eigenvalue weighted by Crippen LogP contribution is 2.36. The average molecular weight is 1080 g/mol. The van der Waals surface area contributed by atoms with E-state index in [1.807, 2.05) is 133 Å². The largest absolute Gasteiger partial charge is 0.496 e. The van der Waals surface area contributed by atoms with Crippen molar-refractivity contribution in [2.24, 2.45) is 0 Å². The van der Waals surface area contributed by atoms with Gasteiger partial charge in [-0.3, -0.25) is 14.5 Å². The minimum absolute atomic E-state index is 0. The van der Waals surface area contributed by atoms with Gasteiger partial charge in [-0.15, -0.1) is 24.0 Å². The van der Waals surface area contributed by atoms with Crippen molar-refractivity contribution in [2.45, 2.75) is 38.4 Å². The number of rotatable bonds is 23. The summed E-state index contributed by atoms with van der Waals surface area (Å²) in [4.78, 5) is 24.4. The van der Waals surface area contributed by atoms with Gasteiger partial charge in [-0.25, -0.2) is 0 Å². The van der Waals surface area contributed by atoms with Gasteiger partial charge < -0.3 is 40.0 Å². The van der Waals surface area contributed by atoms with E-state index in [2.05, 4.69) is 75.4 Å². The van der Waals surface area contributed by atoms with E-state index < -0.39 is 6.10 Å². The fourth-order valence-electron chi connectivity index (χ4n) is 8.08. The fourth-order valence-corrected chi connectivity index (χ4v) is 8.08. The summed E-state index contributed by atoms with van der Waals surface area (Å²) in [5.41, 5.74) is 11.5. The first-order chi connectivity index (χ1) is 34.9. The lowest BCUT2D eigenvalue weighted by Crippen LogP contribution is -2.30. The lowest BCUT2D eigenvalue weighted by Gasteiger charge is -2.26. The Morgan fingerprint density at radius 2 is 1.14 bits per heavy atom. The van der Waals surface area contributed by atoms with Gasteiger partial charge in [-0.1, -0.05) is 146 Å². The van der Waals surface area contributed by atoms with Crippen LogP contribution in [0.15, 0.2) is 200 Å². The van der Waals surface area contributed by atoms with Crippen molar-refractivity contribution >= 4 is 59.5 Å². The normalized spacial score (nSPS) is 12.7. The van der Waals surface area contributed by atoms with E-state index in [1.165, 1.54) is 11.1 Å². The number of nitrogens with one attached hydrogen (secondary N) is 3. The highest BCUT2D eigenvalue weighted by Gasteiger charge is 2.25. The minimum Gasteiger partial charge on any atom is -0.496 e. The molecule has 2 atom stereocenters. The Kier molecular flexibility index (Phi) is 19.8. The predicted octanol–water partition coefficient (Wildman–Crippen LogP) is 12.6. The van der Waals surface area contributed by atoms with E-state index in [1.54, 1.807) is 19.2 Å². The van der Waals surface area contributed by atoms with E-state index in [0.717, 1.165) is 64.5 Å². The summed E-state index contributed by atoms with van der Waals surface area (Å²) in [5.74, 6) is 2.03. The van der Waals surface area contributed by atoms with Gasteiger partial charge >= 0.3 is 0 Å². The van der Waals surface area contributed by atoms with E-state index in [9.17, 15) is 14.7 Å². The quantitative estimate of drug-likeness (QED) is 0.0281. The van der Waals surface area contributed by atoms with Crippen LogP contribution in [0.2, 0.25) is 0 Å². The van der Waals surface area contributed by atoms with Crippen LogP contribution in [0.5, 0.6) is 17.2 Å². The molecular formula is C60H59IN4O7. The number of carbonyl (C=O) groups is 2. The molecule has 12 heteroatoms. The summed E-state index contributed by atoms with van der Waals surface area (Å²) in [5, 5.41) is 20.4. The number of hydrogen-bond acceptors (Lipinski definition) is 9. The number of aliphatic hydroxyl groups excluding tert-OH is 1. The Hall–Kier alpha value is -7.49. The minimum atomic E-state index is -0.777. The molecule has 72 heavy (non-hydrogen) atoms. The SMILES string of the molecule is COc1ccc(Nc2ccc(CCN(Cc3ccccc3)C[C@H](O)c3ccc(OCc4ccccc4)c(NC=O)c3)cc2)cc1-c1ccccc1.I.O=CNc1cc([C@@H]2CO2)ccc1OCc1ccccc1. The maximum Gasteiger partial charge on any atom is 0.211 e. The molecule has 1 aliphatic rings. The second kappa shape index (κ2) is 27.2. The zero-order valence-electron chi connectivity index (χ0n) is 40.1. The molecule has 0 radical (unpaired) electrons. The van der Waals surface area contributed by atoms with E-state index in [4.69, 9.17) is 18.9 Å². The van der Waals surface area contributed by atoms with Crippen molar-refractivity contribution in [3.05, 3.63) is 234 Å². The fraction of sp³-hybridized carbons (Fsp3) is 0.167. The van der Waals surface area contributed by atoms with Crippen LogP contribution >= 0.6 is 24.0 Å². The molecule has 1 fully saturated rings. The molecule has 8 aromatic carbocycles. The Labute approximate surface area is 438 Å². The summed E-state index contributed by atoms with van der Waals surface area (Å²) < 4.78 is 22.6. The van der Waals surface area contributed by atoms with Crippen molar-refractivity contribution in [1.29, 1.82) is 0 Å². The Bertz CT molecular complexity index is 2910. The standard InChI is InChI=1S/C44H43N3O4.C16H15NO3.HI/c1-50-43-24-22-39(28-40(43)36-15-9-4-10-16-36)46-38-20-17-33(18-21-38)25-26-47(29-34-11-5-2-6-12-34)30-42(49)37-19-23-44(41(27-37)45-32-48)51-31-35-13-7-3-8-14-35;18-11-17-14-8-13(16-10-20-16)6-7-15(14)19-9-12-4-2-1-3-5-12;/h2-24,27-28,32,42,46,49H,25-26,29-31H2,1H3,(H,45,48);1-8,11,16H,9-10H2,(H,17,18);1H/t42-;16-;/m00./s1. The monoisotopic (exact) mass is 1070 g/mol. The number of nitrogens with zero attached hydrogens (tertiary/aromatic N) is 1. The lowest BCUT2D eigenvalue weighted by molar-refractivity contribution is -0.106. The van der Waals surface area contributed by atoms with E-state index in [0.29, 0.717) is 67.6 Å². The van der Waals surface area contributed by atoms with Gasteiger partial charge in [0.05, 0.1) is 31.2 Å². The molecule has 11 nitrogen and oxygen atoms in total. The van der Waals surface area contributed by atoms with Crippen LogP contribution in [-0.4, -0.2) is 49.6 Å². The lowest BCUT2D eigenvalue weighted by atomic mass is 10.0. The average Bonchev–Trinajstić information content (AvgIpc) is 4.28. The Balaban J connectivity index is 0.000000301. The van der Waals surface area contributed by atoms with Crippen LogP contribution in [-0.2, 0) is 40.5 Å². The van der Waals surface area contributed by atoms with E-state index in [-0.39, 0.29) is 30.1 Å². The predicted molar refractivity (Wildman–Crippen MR) is 296 cm³/mol. The van der Waals surface area contributed by atoms with E-state index >= 15 is 0 Å². The first-order valence-corrected chi connectivity index (χ1v) is 23.6. The van der Waals surface area contributed by atoms with Crippen molar-refractivity contribution in [2.75, 3.05) is 42.8 Å². The molecule has 1 saturated heterocycles. The zero-order chi connectivity index (χ0) is 49.0. The van der Waals surface area contributed by atoms with Crippen molar-refractivity contribution in [3.8, 4) is 28.4 Å². The molecule has 0 bridgehead atoms. The van der Waals surface area contributed by atoms with Gasteiger partial charge in [0.15, 0.2) is 0 Å². The van der Waals surface area contributed by atoms with Crippen LogP contribution in [0.25, 0.3) is 11.1 Å². The molecule has 0 unspecified atom stereocenters. The van der Waals surface area contributed by atoms with Gasteiger partial charge in [0.2, 0.25) is 12.8 Å². The number of benzene rings is 8. The van der Waals surface area contributed by atoms with Gasteiger partial charge in [-0.2, -0.15) is 0 Å². The maximum atomic E-state index is 11.4. The summed E-state index contributed by atoms with van der Waals surface area (Å²) in [6.45, 7) is 3.43. The summed E-state index contributed by atoms with van der Waals surface area (Å²) in [7, 11) is 1.69. The molecule has 0 aromatic heterocycles. The molecular weight excluding hydrogens is 1020 g/mol. The highest BCUT2D eigenvalue weighted by atomic mass is 127. The molecule has 0 saturated carbocycles. The first-order valence-electron chi connectivity index (χ1n) is 23.6. The first kappa shape index (κ1) is 52.3. The number of ether oxygens (including phenoxy) is 4. The Morgan fingerprint density at radius 1 is 0.611 bits per heavy atom. The number of amides is 2. The van der Waals surface area contributed by atoms with Crippen LogP contribution in [0.4, 0.5) is 22.7 Å². The van der Waals surface area contributed by atoms with Crippen LogP contribution in [0.3, 0.4) is 0 Å². The number of epoxide rings is 1. The molecule has 2 amide bonds. The number of carbonyl (C=O) groups excluding carboxylic acids is 2. The molecule has 0 spiro atoms. The van der Waals surface area contributed by atoms with Crippen LogP contribution in [0, 0.1) is 0 Å². The number of aliphatic hydroxyl groups is 1. The van der Waals surface area contributed by atoms with Gasteiger partial charge in [0, 0.05) is 36.6 Å². The summed E-state index contributed by atoms with van der Waals surface area (Å²) in [6, 6.07) is 66.1.